The second-order valence-corrected chi connectivity index (χ2v) is 8.86. The summed E-state index contributed by atoms with van der Waals surface area (Å²) >= 11 is 7.24. The maximum absolute atomic E-state index is 13.0. The highest BCUT2D eigenvalue weighted by Gasteiger charge is 2.22. The third-order valence-electron chi connectivity index (χ3n) is 4.03. The van der Waals surface area contributed by atoms with Crippen LogP contribution in [0.15, 0.2) is 28.2 Å². The summed E-state index contributed by atoms with van der Waals surface area (Å²) in [5.41, 5.74) is -0.194. The quantitative estimate of drug-likeness (QED) is 0.425. The molecular weight excluding hydrogens is 388 g/mol. The molecule has 1 fully saturated rings. The van der Waals surface area contributed by atoms with Gasteiger partial charge in [-0.25, -0.2) is 4.98 Å². The van der Waals surface area contributed by atoms with E-state index >= 15 is 0 Å². The van der Waals surface area contributed by atoms with Gasteiger partial charge >= 0.3 is 5.97 Å². The van der Waals surface area contributed by atoms with E-state index in [2.05, 4.69) is 4.98 Å². The highest BCUT2D eigenvalue weighted by atomic mass is 35.5. The molecule has 0 N–H and O–H groups in total. The van der Waals surface area contributed by atoms with Gasteiger partial charge in [0.15, 0.2) is 5.16 Å². The van der Waals surface area contributed by atoms with Gasteiger partial charge in [0.05, 0.1) is 29.3 Å². The van der Waals surface area contributed by atoms with Gasteiger partial charge in [0.25, 0.3) is 5.56 Å². The third kappa shape index (κ3) is 5.24. The van der Waals surface area contributed by atoms with E-state index in [0.29, 0.717) is 34.2 Å². The predicted octanol–water partition coefficient (Wildman–Crippen LogP) is 3.66. The Balaban J connectivity index is 1.92. The summed E-state index contributed by atoms with van der Waals surface area (Å²) in [7, 11) is 0. The molecule has 1 aliphatic rings. The molecule has 0 radical (unpaired) electrons. The standard InChI is InChI=1S/C19H23ClN2O4S/c1-19(2,3)26-16(23)11-27-18-21-15-9-12(20)6-7-14(15)17(24)22(18)10-13-5-4-8-25-13/h6-7,9,13H,4-5,8,10-11H2,1-3H3. The number of fused-ring (bicyclic) bond motifs is 1. The van der Waals surface area contributed by atoms with Crippen LogP contribution in [0.3, 0.4) is 0 Å². The smallest absolute Gasteiger partial charge is 0.316 e. The Morgan fingerprint density at radius 2 is 2.22 bits per heavy atom. The molecular formula is C19H23ClN2O4S. The Bertz CT molecular complexity index is 901. The number of hydrogen-bond acceptors (Lipinski definition) is 6. The summed E-state index contributed by atoms with van der Waals surface area (Å²) in [6.45, 7) is 6.58. The van der Waals surface area contributed by atoms with Crippen LogP contribution in [0.25, 0.3) is 10.9 Å². The molecule has 0 bridgehead atoms. The zero-order valence-corrected chi connectivity index (χ0v) is 17.2. The molecule has 6 nitrogen and oxygen atoms in total. The number of carbonyl (C=O) groups is 1. The number of esters is 1. The van der Waals surface area contributed by atoms with Crippen molar-refractivity contribution in [1.29, 1.82) is 0 Å². The average Bonchev–Trinajstić information content (AvgIpc) is 3.07. The SMILES string of the molecule is CC(C)(C)OC(=O)CSc1nc2cc(Cl)ccc2c(=O)n1CC1CCCO1. The van der Waals surface area contributed by atoms with Crippen molar-refractivity contribution < 1.29 is 14.3 Å². The maximum Gasteiger partial charge on any atom is 0.316 e. The van der Waals surface area contributed by atoms with E-state index in [4.69, 9.17) is 21.1 Å². The van der Waals surface area contributed by atoms with Crippen molar-refractivity contribution in [3.63, 3.8) is 0 Å². The molecule has 27 heavy (non-hydrogen) atoms. The Kier molecular flexibility index (Phi) is 6.13. The second-order valence-electron chi connectivity index (χ2n) is 7.48. The van der Waals surface area contributed by atoms with E-state index in [1.54, 1.807) is 22.8 Å². The van der Waals surface area contributed by atoms with Gasteiger partial charge in [-0.3, -0.25) is 14.2 Å². The van der Waals surface area contributed by atoms with Gasteiger partial charge in [-0.2, -0.15) is 0 Å². The zero-order valence-electron chi connectivity index (χ0n) is 15.7. The van der Waals surface area contributed by atoms with Crippen LogP contribution >= 0.6 is 23.4 Å². The summed E-state index contributed by atoms with van der Waals surface area (Å²) < 4.78 is 12.6. The van der Waals surface area contributed by atoms with Crippen LogP contribution < -0.4 is 5.56 Å². The summed E-state index contributed by atoms with van der Waals surface area (Å²) in [6, 6.07) is 5.02. The van der Waals surface area contributed by atoms with Crippen LogP contribution in [-0.4, -0.2) is 39.6 Å². The molecule has 0 amide bonds. The van der Waals surface area contributed by atoms with Gasteiger partial charge in [-0.15, -0.1) is 0 Å². The van der Waals surface area contributed by atoms with Crippen molar-refractivity contribution in [2.75, 3.05) is 12.4 Å². The van der Waals surface area contributed by atoms with Crippen molar-refractivity contribution in [3.05, 3.63) is 33.6 Å². The summed E-state index contributed by atoms with van der Waals surface area (Å²) in [5, 5.41) is 1.48. The number of benzene rings is 1. The Morgan fingerprint density at radius 3 is 2.89 bits per heavy atom. The molecule has 1 atom stereocenters. The minimum Gasteiger partial charge on any atom is -0.459 e. The van der Waals surface area contributed by atoms with Crippen molar-refractivity contribution >= 4 is 40.2 Å². The zero-order chi connectivity index (χ0) is 19.6. The fraction of sp³-hybridized carbons (Fsp3) is 0.526. The van der Waals surface area contributed by atoms with Crippen LogP contribution in [0, 0.1) is 0 Å². The van der Waals surface area contributed by atoms with E-state index in [1.165, 1.54) is 11.8 Å². The van der Waals surface area contributed by atoms with Crippen LogP contribution in [0.2, 0.25) is 5.02 Å². The molecule has 8 heteroatoms. The minimum absolute atomic E-state index is 0.0184. The lowest BCUT2D eigenvalue weighted by molar-refractivity contribution is -0.151. The molecule has 0 spiro atoms. The van der Waals surface area contributed by atoms with Gasteiger partial charge in [0.2, 0.25) is 0 Å². The predicted molar refractivity (Wildman–Crippen MR) is 107 cm³/mol. The number of halogens is 1. The van der Waals surface area contributed by atoms with Crippen LogP contribution in [0.1, 0.15) is 33.6 Å². The molecule has 2 heterocycles. The molecule has 1 aliphatic heterocycles. The summed E-state index contributed by atoms with van der Waals surface area (Å²) in [5.74, 6) is -0.280. The molecule has 2 aromatic rings. The fourth-order valence-electron chi connectivity index (χ4n) is 2.93. The highest BCUT2D eigenvalue weighted by Crippen LogP contribution is 2.23. The monoisotopic (exact) mass is 410 g/mol. The van der Waals surface area contributed by atoms with Crippen molar-refractivity contribution in [1.82, 2.24) is 9.55 Å². The fourth-order valence-corrected chi connectivity index (χ4v) is 3.88. The molecule has 1 saturated heterocycles. The van der Waals surface area contributed by atoms with Crippen LogP contribution in [-0.2, 0) is 20.8 Å². The van der Waals surface area contributed by atoms with E-state index < -0.39 is 5.60 Å². The molecule has 1 aromatic heterocycles. The van der Waals surface area contributed by atoms with Gasteiger partial charge < -0.3 is 9.47 Å². The van der Waals surface area contributed by atoms with E-state index in [9.17, 15) is 9.59 Å². The van der Waals surface area contributed by atoms with Crippen LogP contribution in [0.4, 0.5) is 0 Å². The average molecular weight is 411 g/mol. The summed E-state index contributed by atoms with van der Waals surface area (Å²) in [4.78, 5) is 29.7. The summed E-state index contributed by atoms with van der Waals surface area (Å²) in [6.07, 6.45) is 1.87. The topological polar surface area (TPSA) is 70.4 Å². The number of carbonyl (C=O) groups excluding carboxylic acids is 1. The van der Waals surface area contributed by atoms with E-state index in [-0.39, 0.29) is 23.4 Å². The van der Waals surface area contributed by atoms with Gasteiger partial charge in [-0.05, 0) is 51.8 Å². The van der Waals surface area contributed by atoms with Crippen molar-refractivity contribution in [3.8, 4) is 0 Å². The molecule has 0 saturated carbocycles. The third-order valence-corrected chi connectivity index (χ3v) is 5.22. The first-order chi connectivity index (χ1) is 12.7. The Labute approximate surface area is 167 Å². The molecule has 3 rings (SSSR count). The number of hydrogen-bond donors (Lipinski definition) is 0. The first-order valence-electron chi connectivity index (χ1n) is 8.89. The van der Waals surface area contributed by atoms with Gasteiger partial charge in [0, 0.05) is 11.6 Å². The number of ether oxygens (including phenoxy) is 2. The van der Waals surface area contributed by atoms with Crippen molar-refractivity contribution in [2.24, 2.45) is 0 Å². The first kappa shape index (κ1) is 20.2. The van der Waals surface area contributed by atoms with Crippen LogP contribution in [0.5, 0.6) is 0 Å². The highest BCUT2D eigenvalue weighted by molar-refractivity contribution is 7.99. The molecule has 1 aromatic carbocycles. The first-order valence-corrected chi connectivity index (χ1v) is 10.3. The lowest BCUT2D eigenvalue weighted by Gasteiger charge is -2.20. The molecule has 146 valence electrons. The van der Waals surface area contributed by atoms with Crippen molar-refractivity contribution in [2.45, 2.75) is 57.0 Å². The molecule has 0 aliphatic carbocycles. The normalized spacial score (nSPS) is 17.4. The van der Waals surface area contributed by atoms with Gasteiger partial charge in [0.1, 0.15) is 5.60 Å². The molecule has 1 unspecified atom stereocenters. The van der Waals surface area contributed by atoms with E-state index in [0.717, 1.165) is 12.8 Å². The largest absolute Gasteiger partial charge is 0.459 e. The number of thioether (sulfide) groups is 1. The van der Waals surface area contributed by atoms with E-state index in [1.807, 2.05) is 20.8 Å². The number of rotatable bonds is 5. The van der Waals surface area contributed by atoms with Gasteiger partial charge in [-0.1, -0.05) is 23.4 Å². The lowest BCUT2D eigenvalue weighted by Crippen LogP contribution is -2.29. The minimum atomic E-state index is -0.556. The lowest BCUT2D eigenvalue weighted by atomic mass is 10.2. The Morgan fingerprint density at radius 1 is 1.44 bits per heavy atom. The number of aromatic nitrogens is 2. The Hall–Kier alpha value is -1.57. The number of nitrogens with zero attached hydrogens (tertiary/aromatic N) is 2. The maximum atomic E-state index is 13.0. The second kappa shape index (κ2) is 8.20.